The van der Waals surface area contributed by atoms with Crippen LogP contribution in [-0.4, -0.2) is 11.6 Å². The molecule has 0 saturated carbocycles. The molecule has 0 atom stereocenters. The number of rotatable bonds is 6. The van der Waals surface area contributed by atoms with Gasteiger partial charge in [-0.3, -0.25) is 4.98 Å². The van der Waals surface area contributed by atoms with Gasteiger partial charge < -0.3 is 10.5 Å². The minimum absolute atomic E-state index is 0.567. The van der Waals surface area contributed by atoms with Gasteiger partial charge in [0.15, 0.2) is 0 Å². The van der Waals surface area contributed by atoms with E-state index in [4.69, 9.17) is 22.1 Å². The van der Waals surface area contributed by atoms with E-state index in [9.17, 15) is 0 Å². The monoisotopic (exact) mass is 276 g/mol. The Bertz CT molecular complexity index is 517. The lowest BCUT2D eigenvalue weighted by molar-refractivity contribution is 0.119. The summed E-state index contributed by atoms with van der Waals surface area (Å²) in [5.74, 6) is 0. The van der Waals surface area contributed by atoms with E-state index in [0.29, 0.717) is 17.3 Å². The van der Waals surface area contributed by atoms with Crippen molar-refractivity contribution in [2.75, 3.05) is 12.3 Å². The number of aromatic nitrogens is 1. The number of nitrogens with zero attached hydrogens (tertiary/aromatic N) is 1. The molecule has 2 aromatic rings. The minimum Gasteiger partial charge on any atom is -0.398 e. The first-order valence-corrected chi connectivity index (χ1v) is 6.64. The second-order valence-electron chi connectivity index (χ2n) is 4.37. The highest BCUT2D eigenvalue weighted by molar-refractivity contribution is 6.33. The molecule has 0 amide bonds. The van der Waals surface area contributed by atoms with Gasteiger partial charge in [0.25, 0.3) is 0 Å². The smallest absolute Gasteiger partial charge is 0.0717 e. The SMILES string of the molecule is Nc1cc(COCCCc2ccncc2)ccc1Cl. The van der Waals surface area contributed by atoms with E-state index in [2.05, 4.69) is 4.98 Å². The lowest BCUT2D eigenvalue weighted by Crippen LogP contribution is -1.98. The van der Waals surface area contributed by atoms with Gasteiger partial charge in [-0.1, -0.05) is 17.7 Å². The Hall–Kier alpha value is -1.58. The molecule has 2 N–H and O–H groups in total. The van der Waals surface area contributed by atoms with E-state index >= 15 is 0 Å². The third-order valence-electron chi connectivity index (χ3n) is 2.83. The number of aryl methyl sites for hydroxylation is 1. The molecule has 0 radical (unpaired) electrons. The molecular weight excluding hydrogens is 260 g/mol. The van der Waals surface area contributed by atoms with Crippen molar-refractivity contribution in [3.05, 3.63) is 58.9 Å². The first-order chi connectivity index (χ1) is 9.25. The van der Waals surface area contributed by atoms with Crippen molar-refractivity contribution in [1.82, 2.24) is 4.98 Å². The Morgan fingerprint density at radius 2 is 1.89 bits per heavy atom. The van der Waals surface area contributed by atoms with Crippen LogP contribution in [0.1, 0.15) is 17.5 Å². The van der Waals surface area contributed by atoms with Gasteiger partial charge in [-0.25, -0.2) is 0 Å². The van der Waals surface area contributed by atoms with E-state index in [0.717, 1.165) is 25.0 Å². The van der Waals surface area contributed by atoms with Gasteiger partial charge in [0, 0.05) is 19.0 Å². The highest BCUT2D eigenvalue weighted by atomic mass is 35.5. The van der Waals surface area contributed by atoms with Crippen molar-refractivity contribution in [3.63, 3.8) is 0 Å². The van der Waals surface area contributed by atoms with Crippen molar-refractivity contribution in [2.24, 2.45) is 0 Å². The predicted molar refractivity (Wildman–Crippen MR) is 78.1 cm³/mol. The number of benzene rings is 1. The van der Waals surface area contributed by atoms with Crippen LogP contribution in [0.2, 0.25) is 5.02 Å². The molecule has 0 unspecified atom stereocenters. The van der Waals surface area contributed by atoms with Crippen molar-refractivity contribution in [2.45, 2.75) is 19.4 Å². The largest absolute Gasteiger partial charge is 0.398 e. The standard InChI is InChI=1S/C15H17ClN2O/c16-14-4-3-13(10-15(14)17)11-19-9-1-2-12-5-7-18-8-6-12/h3-8,10H,1-2,9,11,17H2. The van der Waals surface area contributed by atoms with Crippen LogP contribution < -0.4 is 5.73 Å². The molecule has 1 aromatic heterocycles. The van der Waals surface area contributed by atoms with Gasteiger partial charge in [-0.05, 0) is 48.2 Å². The lowest BCUT2D eigenvalue weighted by atomic mass is 10.1. The fourth-order valence-corrected chi connectivity index (χ4v) is 1.92. The predicted octanol–water partition coefficient (Wildman–Crippen LogP) is 3.47. The van der Waals surface area contributed by atoms with E-state index in [1.165, 1.54) is 5.56 Å². The summed E-state index contributed by atoms with van der Waals surface area (Å²) in [6.45, 7) is 1.29. The number of nitrogen functional groups attached to an aromatic ring is 1. The van der Waals surface area contributed by atoms with Crippen LogP contribution in [0.5, 0.6) is 0 Å². The number of anilines is 1. The van der Waals surface area contributed by atoms with Gasteiger partial charge in [0.1, 0.15) is 0 Å². The highest BCUT2D eigenvalue weighted by Crippen LogP contribution is 2.19. The molecule has 0 aliphatic heterocycles. The molecule has 1 heterocycles. The highest BCUT2D eigenvalue weighted by Gasteiger charge is 1.99. The van der Waals surface area contributed by atoms with Crippen LogP contribution in [0.4, 0.5) is 5.69 Å². The maximum Gasteiger partial charge on any atom is 0.0717 e. The quantitative estimate of drug-likeness (QED) is 0.649. The first kappa shape index (κ1) is 13.8. The van der Waals surface area contributed by atoms with E-state index in [-0.39, 0.29) is 0 Å². The van der Waals surface area contributed by atoms with Crippen LogP contribution >= 0.6 is 11.6 Å². The Morgan fingerprint density at radius 1 is 1.11 bits per heavy atom. The second-order valence-corrected chi connectivity index (χ2v) is 4.77. The molecule has 0 spiro atoms. The van der Waals surface area contributed by atoms with Gasteiger partial charge >= 0.3 is 0 Å². The molecule has 100 valence electrons. The van der Waals surface area contributed by atoms with Crippen molar-refractivity contribution in [3.8, 4) is 0 Å². The molecule has 0 fully saturated rings. The number of hydrogen-bond acceptors (Lipinski definition) is 3. The maximum absolute atomic E-state index is 5.86. The Labute approximate surface area is 118 Å². The summed E-state index contributed by atoms with van der Waals surface area (Å²) in [7, 11) is 0. The van der Waals surface area contributed by atoms with E-state index in [1.54, 1.807) is 6.07 Å². The van der Waals surface area contributed by atoms with Crippen molar-refractivity contribution < 1.29 is 4.74 Å². The van der Waals surface area contributed by atoms with E-state index in [1.807, 2.05) is 36.7 Å². The van der Waals surface area contributed by atoms with Crippen LogP contribution in [0, 0.1) is 0 Å². The number of halogens is 1. The topological polar surface area (TPSA) is 48.1 Å². The molecular formula is C15H17ClN2O. The summed E-state index contributed by atoms with van der Waals surface area (Å²) in [5.41, 5.74) is 8.66. The molecule has 4 heteroatoms. The Balaban J connectivity index is 1.68. The number of nitrogens with two attached hydrogens (primary N) is 1. The van der Waals surface area contributed by atoms with Crippen LogP contribution in [-0.2, 0) is 17.8 Å². The van der Waals surface area contributed by atoms with Crippen LogP contribution in [0.15, 0.2) is 42.7 Å². The van der Waals surface area contributed by atoms with Gasteiger partial charge in [-0.2, -0.15) is 0 Å². The number of hydrogen-bond donors (Lipinski definition) is 1. The third-order valence-corrected chi connectivity index (χ3v) is 3.18. The molecule has 2 rings (SSSR count). The fraction of sp³-hybridized carbons (Fsp3) is 0.267. The Morgan fingerprint density at radius 3 is 2.63 bits per heavy atom. The molecule has 0 aliphatic carbocycles. The molecule has 19 heavy (non-hydrogen) atoms. The molecule has 1 aromatic carbocycles. The summed E-state index contributed by atoms with van der Waals surface area (Å²) in [5, 5.41) is 0.585. The molecule has 0 saturated heterocycles. The molecule has 0 aliphatic rings. The average molecular weight is 277 g/mol. The van der Waals surface area contributed by atoms with Gasteiger partial charge in [-0.15, -0.1) is 0 Å². The van der Waals surface area contributed by atoms with Gasteiger partial charge in [0.2, 0.25) is 0 Å². The average Bonchev–Trinajstić information content (AvgIpc) is 2.43. The van der Waals surface area contributed by atoms with Crippen LogP contribution in [0.3, 0.4) is 0 Å². The maximum atomic E-state index is 5.86. The summed E-state index contributed by atoms with van der Waals surface area (Å²) in [4.78, 5) is 3.99. The summed E-state index contributed by atoms with van der Waals surface area (Å²) in [6, 6.07) is 9.64. The normalized spacial score (nSPS) is 10.6. The van der Waals surface area contributed by atoms with Crippen molar-refractivity contribution in [1.29, 1.82) is 0 Å². The fourth-order valence-electron chi connectivity index (χ4n) is 1.80. The van der Waals surface area contributed by atoms with Gasteiger partial charge in [0.05, 0.1) is 17.3 Å². The number of ether oxygens (including phenoxy) is 1. The summed E-state index contributed by atoms with van der Waals surface area (Å²) < 4.78 is 5.62. The zero-order chi connectivity index (χ0) is 13.5. The summed E-state index contributed by atoms with van der Waals surface area (Å²) in [6.07, 6.45) is 5.62. The second kappa shape index (κ2) is 7.12. The molecule has 0 bridgehead atoms. The third kappa shape index (κ3) is 4.54. The zero-order valence-corrected chi connectivity index (χ0v) is 11.4. The number of pyridine rings is 1. The molecule has 3 nitrogen and oxygen atoms in total. The van der Waals surface area contributed by atoms with E-state index < -0.39 is 0 Å². The first-order valence-electron chi connectivity index (χ1n) is 6.26. The Kier molecular flexibility index (Phi) is 5.19. The van der Waals surface area contributed by atoms with Crippen molar-refractivity contribution >= 4 is 17.3 Å². The summed E-state index contributed by atoms with van der Waals surface area (Å²) >= 11 is 5.86. The minimum atomic E-state index is 0.567. The van der Waals surface area contributed by atoms with Crippen LogP contribution in [0.25, 0.3) is 0 Å². The zero-order valence-electron chi connectivity index (χ0n) is 10.7. The lowest BCUT2D eigenvalue weighted by Gasteiger charge is -2.06.